The minimum atomic E-state index is 0.338. The number of likely N-dealkylation sites (tertiary alicyclic amines) is 2. The van der Waals surface area contributed by atoms with E-state index in [1.165, 1.54) is 25.7 Å². The Kier molecular flexibility index (Phi) is 5.01. The normalized spacial score (nSPS) is 27.4. The first-order chi connectivity index (χ1) is 8.70. The molecular weight excluding hydrogens is 226 g/mol. The minimum absolute atomic E-state index is 0.338. The van der Waals surface area contributed by atoms with Gasteiger partial charge in [-0.3, -0.25) is 9.69 Å². The Morgan fingerprint density at radius 1 is 1.28 bits per heavy atom. The fourth-order valence-electron chi connectivity index (χ4n) is 3.14. The summed E-state index contributed by atoms with van der Waals surface area (Å²) in [6.07, 6.45) is 4.89. The van der Waals surface area contributed by atoms with Crippen molar-refractivity contribution in [3.8, 4) is 0 Å². The van der Waals surface area contributed by atoms with Gasteiger partial charge in [0.15, 0.2) is 0 Å². The molecule has 2 rings (SSSR count). The van der Waals surface area contributed by atoms with Crippen LogP contribution in [0.25, 0.3) is 0 Å². The van der Waals surface area contributed by atoms with Gasteiger partial charge in [0.05, 0.1) is 6.54 Å². The van der Waals surface area contributed by atoms with Crippen molar-refractivity contribution in [1.82, 2.24) is 15.1 Å². The van der Waals surface area contributed by atoms with Crippen molar-refractivity contribution >= 4 is 5.91 Å². The van der Waals surface area contributed by atoms with Crippen LogP contribution in [0.5, 0.6) is 0 Å². The van der Waals surface area contributed by atoms with Gasteiger partial charge in [0, 0.05) is 25.7 Å². The topological polar surface area (TPSA) is 35.6 Å². The molecule has 2 saturated heterocycles. The lowest BCUT2D eigenvalue weighted by molar-refractivity contribution is -0.131. The first-order valence-corrected chi connectivity index (χ1v) is 7.38. The van der Waals surface area contributed by atoms with Crippen molar-refractivity contribution in [1.29, 1.82) is 0 Å². The van der Waals surface area contributed by atoms with Crippen molar-refractivity contribution in [2.24, 2.45) is 5.92 Å². The number of hydrogen-bond acceptors (Lipinski definition) is 3. The monoisotopic (exact) mass is 253 g/mol. The van der Waals surface area contributed by atoms with Gasteiger partial charge in [-0.25, -0.2) is 0 Å². The lowest BCUT2D eigenvalue weighted by Gasteiger charge is -2.35. The fourth-order valence-corrected chi connectivity index (χ4v) is 3.14. The third kappa shape index (κ3) is 3.45. The number of rotatable bonds is 4. The predicted molar refractivity (Wildman–Crippen MR) is 73.5 cm³/mol. The molecule has 104 valence electrons. The summed E-state index contributed by atoms with van der Waals surface area (Å²) in [5.74, 6) is 1.03. The Hall–Kier alpha value is -0.610. The number of carbonyl (C=O) groups excluding carboxylic acids is 1. The van der Waals surface area contributed by atoms with Crippen molar-refractivity contribution in [3.63, 3.8) is 0 Å². The number of carbonyl (C=O) groups is 1. The summed E-state index contributed by atoms with van der Waals surface area (Å²) in [6.45, 7) is 6.99. The maximum absolute atomic E-state index is 12.1. The van der Waals surface area contributed by atoms with Crippen molar-refractivity contribution < 1.29 is 4.79 Å². The van der Waals surface area contributed by atoms with E-state index in [4.69, 9.17) is 0 Å². The molecule has 1 N–H and O–H groups in total. The van der Waals surface area contributed by atoms with Gasteiger partial charge in [0.25, 0.3) is 0 Å². The summed E-state index contributed by atoms with van der Waals surface area (Å²) in [5.41, 5.74) is 0. The van der Waals surface area contributed by atoms with Gasteiger partial charge in [-0.05, 0) is 52.1 Å². The summed E-state index contributed by atoms with van der Waals surface area (Å²) in [4.78, 5) is 16.5. The first kappa shape index (κ1) is 13.8. The van der Waals surface area contributed by atoms with E-state index in [-0.39, 0.29) is 0 Å². The molecule has 0 spiro atoms. The highest BCUT2D eigenvalue weighted by Gasteiger charge is 2.26. The van der Waals surface area contributed by atoms with E-state index in [0.29, 0.717) is 24.4 Å². The summed E-state index contributed by atoms with van der Waals surface area (Å²) >= 11 is 0. The highest BCUT2D eigenvalue weighted by molar-refractivity contribution is 5.78. The van der Waals surface area contributed by atoms with Gasteiger partial charge in [0.2, 0.25) is 5.91 Å². The minimum Gasteiger partial charge on any atom is -0.342 e. The standard InChI is InChI=1S/C14H27N3O/c1-12(15-2)13-6-5-7-16(10-13)11-14(18)17-8-3-4-9-17/h12-13,15H,3-11H2,1-2H3. The van der Waals surface area contributed by atoms with Crippen LogP contribution >= 0.6 is 0 Å². The first-order valence-electron chi connectivity index (χ1n) is 7.38. The second kappa shape index (κ2) is 6.53. The zero-order valence-corrected chi connectivity index (χ0v) is 11.8. The molecule has 4 heteroatoms. The van der Waals surface area contributed by atoms with Gasteiger partial charge >= 0.3 is 0 Å². The van der Waals surface area contributed by atoms with E-state index in [9.17, 15) is 4.79 Å². The SMILES string of the molecule is CNC(C)C1CCCN(CC(=O)N2CCCC2)C1. The number of nitrogens with zero attached hydrogens (tertiary/aromatic N) is 2. The Balaban J connectivity index is 1.79. The van der Waals surface area contributed by atoms with E-state index in [0.717, 1.165) is 26.2 Å². The van der Waals surface area contributed by atoms with Crippen LogP contribution in [-0.4, -0.2) is 61.5 Å². The zero-order chi connectivity index (χ0) is 13.0. The Labute approximate surface area is 111 Å². The number of amides is 1. The number of nitrogens with one attached hydrogen (secondary N) is 1. The molecule has 0 aromatic heterocycles. The highest BCUT2D eigenvalue weighted by atomic mass is 16.2. The third-order valence-electron chi connectivity index (χ3n) is 4.52. The smallest absolute Gasteiger partial charge is 0.236 e. The van der Waals surface area contributed by atoms with E-state index in [1.54, 1.807) is 0 Å². The molecule has 2 heterocycles. The van der Waals surface area contributed by atoms with Crippen LogP contribution < -0.4 is 5.32 Å². The van der Waals surface area contributed by atoms with Crippen LogP contribution in [0.1, 0.15) is 32.6 Å². The van der Waals surface area contributed by atoms with Crippen molar-refractivity contribution in [2.75, 3.05) is 39.8 Å². The van der Waals surface area contributed by atoms with Crippen LogP contribution in [0.15, 0.2) is 0 Å². The number of piperidine rings is 1. The van der Waals surface area contributed by atoms with Gasteiger partial charge in [-0.2, -0.15) is 0 Å². The van der Waals surface area contributed by atoms with E-state index < -0.39 is 0 Å². The van der Waals surface area contributed by atoms with Gasteiger partial charge < -0.3 is 10.2 Å². The molecule has 0 aliphatic carbocycles. The maximum Gasteiger partial charge on any atom is 0.236 e. The van der Waals surface area contributed by atoms with Gasteiger partial charge in [0.1, 0.15) is 0 Å². The molecule has 4 nitrogen and oxygen atoms in total. The lowest BCUT2D eigenvalue weighted by atomic mass is 9.91. The molecule has 0 aromatic carbocycles. The molecule has 0 saturated carbocycles. The molecule has 2 aliphatic rings. The van der Waals surface area contributed by atoms with Crippen molar-refractivity contribution in [2.45, 2.75) is 38.6 Å². The van der Waals surface area contributed by atoms with Crippen LogP contribution in [0.3, 0.4) is 0 Å². The summed E-state index contributed by atoms with van der Waals surface area (Å²) < 4.78 is 0. The van der Waals surface area contributed by atoms with Crippen LogP contribution in [0, 0.1) is 5.92 Å². The molecule has 2 atom stereocenters. The Morgan fingerprint density at radius 2 is 2.00 bits per heavy atom. The van der Waals surface area contributed by atoms with E-state index >= 15 is 0 Å². The zero-order valence-electron chi connectivity index (χ0n) is 11.8. The van der Waals surface area contributed by atoms with Gasteiger partial charge in [-0.1, -0.05) is 0 Å². The summed E-state index contributed by atoms with van der Waals surface area (Å²) in [7, 11) is 2.03. The molecule has 1 amide bonds. The highest BCUT2D eigenvalue weighted by Crippen LogP contribution is 2.20. The third-order valence-corrected chi connectivity index (χ3v) is 4.52. The largest absolute Gasteiger partial charge is 0.342 e. The van der Waals surface area contributed by atoms with E-state index in [1.807, 2.05) is 11.9 Å². The lowest BCUT2D eigenvalue weighted by Crippen LogP contribution is -2.47. The predicted octanol–water partition coefficient (Wildman–Crippen LogP) is 0.929. The summed E-state index contributed by atoms with van der Waals surface area (Å²) in [5, 5.41) is 3.34. The van der Waals surface area contributed by atoms with E-state index in [2.05, 4.69) is 17.1 Å². The molecule has 2 unspecified atom stereocenters. The van der Waals surface area contributed by atoms with Gasteiger partial charge in [-0.15, -0.1) is 0 Å². The average Bonchev–Trinajstić information content (AvgIpc) is 2.92. The number of hydrogen-bond donors (Lipinski definition) is 1. The summed E-state index contributed by atoms with van der Waals surface area (Å²) in [6, 6.07) is 0.551. The Morgan fingerprint density at radius 3 is 2.67 bits per heavy atom. The second-order valence-corrected chi connectivity index (χ2v) is 5.80. The molecule has 2 aliphatic heterocycles. The molecular formula is C14H27N3O. The molecule has 2 fully saturated rings. The molecule has 0 radical (unpaired) electrons. The molecule has 0 bridgehead atoms. The Bertz CT molecular complexity index is 276. The fraction of sp³-hybridized carbons (Fsp3) is 0.929. The quantitative estimate of drug-likeness (QED) is 0.809. The van der Waals surface area contributed by atoms with Crippen LogP contribution in [-0.2, 0) is 4.79 Å². The van der Waals surface area contributed by atoms with Crippen LogP contribution in [0.4, 0.5) is 0 Å². The van der Waals surface area contributed by atoms with Crippen LogP contribution in [0.2, 0.25) is 0 Å². The average molecular weight is 253 g/mol. The van der Waals surface area contributed by atoms with Crippen molar-refractivity contribution in [3.05, 3.63) is 0 Å². The maximum atomic E-state index is 12.1. The molecule has 18 heavy (non-hydrogen) atoms. The second-order valence-electron chi connectivity index (χ2n) is 5.80. The molecule has 0 aromatic rings.